The number of benzene rings is 4. The Kier molecular flexibility index (Phi) is 11.0. The van der Waals surface area contributed by atoms with E-state index in [1.54, 1.807) is 15.6 Å². The number of aromatic nitrogens is 11. The monoisotopic (exact) mass is 926 g/mol. The molecule has 1 amide bonds. The van der Waals surface area contributed by atoms with Gasteiger partial charge in [-0.25, -0.2) is 19.9 Å². The summed E-state index contributed by atoms with van der Waals surface area (Å²) in [7, 11) is 3.68. The molecule has 7 heterocycles. The first-order chi connectivity index (χ1) is 33.3. The lowest BCUT2D eigenvalue weighted by molar-refractivity contribution is 0.0935. The quantitative estimate of drug-likeness (QED) is 0.0991. The summed E-state index contributed by atoms with van der Waals surface area (Å²) in [6.45, 7) is 13.3. The summed E-state index contributed by atoms with van der Waals surface area (Å²) in [5, 5.41) is 57.5. The van der Waals surface area contributed by atoms with E-state index in [0.29, 0.717) is 79.8 Å². The molecule has 19 nitrogen and oxygen atoms in total. The van der Waals surface area contributed by atoms with Crippen LogP contribution in [0.5, 0.6) is 11.5 Å². The Morgan fingerprint density at radius 1 is 0.797 bits per heavy atom. The first-order valence-electron chi connectivity index (χ1n) is 23.5. The number of phenols is 2. The molecule has 2 saturated heterocycles. The van der Waals surface area contributed by atoms with E-state index in [9.17, 15) is 15.0 Å². The van der Waals surface area contributed by atoms with Crippen LogP contribution >= 0.6 is 0 Å². The maximum Gasteiger partial charge on any atom is 0.270 e. The molecule has 6 N–H and O–H groups in total. The van der Waals surface area contributed by atoms with E-state index in [-0.39, 0.29) is 47.1 Å². The Balaban J connectivity index is 0.929. The van der Waals surface area contributed by atoms with Gasteiger partial charge in [-0.05, 0) is 89.1 Å². The van der Waals surface area contributed by atoms with Gasteiger partial charge in [-0.1, -0.05) is 0 Å². The van der Waals surface area contributed by atoms with Crippen molar-refractivity contribution in [3.63, 3.8) is 0 Å². The van der Waals surface area contributed by atoms with Crippen molar-refractivity contribution in [2.75, 3.05) is 49.1 Å². The van der Waals surface area contributed by atoms with Gasteiger partial charge in [0.1, 0.15) is 28.6 Å². The number of piperazine rings is 2. The number of hydrogen-bond donors (Lipinski definition) is 6. The Hall–Kier alpha value is -7.77. The first kappa shape index (κ1) is 43.8. The van der Waals surface area contributed by atoms with Crippen molar-refractivity contribution in [2.45, 2.75) is 58.7 Å². The van der Waals surface area contributed by atoms with Crippen molar-refractivity contribution in [3.05, 3.63) is 83.9 Å². The fraction of sp³-hybridized carbons (Fsp3) is 0.340. The molecule has 9 aromatic rings. The third-order valence-electron chi connectivity index (χ3n) is 13.4. The molecule has 4 aromatic carbocycles. The first-order valence-corrected chi connectivity index (χ1v) is 23.5. The van der Waals surface area contributed by atoms with Gasteiger partial charge in [-0.15, -0.1) is 0 Å². The zero-order valence-corrected chi connectivity index (χ0v) is 39.4. The second-order valence-corrected chi connectivity index (χ2v) is 18.7. The van der Waals surface area contributed by atoms with Gasteiger partial charge < -0.3 is 36.0 Å². The van der Waals surface area contributed by atoms with Crippen LogP contribution in [0, 0.1) is 6.92 Å². The van der Waals surface area contributed by atoms with Crippen LogP contribution in [0.1, 0.15) is 48.8 Å². The number of nitrogens with one attached hydrogen (secondary N) is 4. The number of aromatic amines is 1. The fourth-order valence-corrected chi connectivity index (χ4v) is 10.1. The predicted molar refractivity (Wildman–Crippen MR) is 267 cm³/mol. The molecular weight excluding hydrogens is 873 g/mol. The summed E-state index contributed by atoms with van der Waals surface area (Å²) in [5.41, 5.74) is 8.05. The number of hydrogen-bond acceptors (Lipinski definition) is 15. The van der Waals surface area contributed by atoms with Crippen molar-refractivity contribution >= 4 is 60.9 Å². The molecule has 0 spiro atoms. The molecule has 0 saturated carbocycles. The van der Waals surface area contributed by atoms with Crippen molar-refractivity contribution in [1.29, 1.82) is 0 Å². The number of carbonyl (C=O) groups excluding carboxylic acids is 1. The van der Waals surface area contributed by atoms with Gasteiger partial charge in [0.25, 0.3) is 5.91 Å². The highest BCUT2D eigenvalue weighted by Gasteiger charge is 2.27. The van der Waals surface area contributed by atoms with Crippen LogP contribution in [0.15, 0.2) is 67.1 Å². The van der Waals surface area contributed by atoms with Gasteiger partial charge >= 0.3 is 0 Å². The SMILES string of the molecule is Cc1c(O)c(-c2nc(C(=O)NC(C)CCc3c(O)c(-c4nc(-c5cn[nH]n5)c5cc(N6CCNCC6)ccc5n4)cc4cn(C)nc34)c3cc(N4C[C@@H](C)N[C@@H](C)C4)ccc3n2)cc2cn(C)nc12. The number of fused-ring (bicyclic) bond motifs is 4. The van der Waals surface area contributed by atoms with Crippen LogP contribution in [0.2, 0.25) is 0 Å². The van der Waals surface area contributed by atoms with Crippen molar-refractivity contribution in [1.82, 2.24) is 70.9 Å². The molecule has 0 radical (unpaired) electrons. The van der Waals surface area contributed by atoms with Gasteiger partial charge in [0, 0.05) is 128 Å². The summed E-state index contributed by atoms with van der Waals surface area (Å²) in [5.74, 6) is 0.192. The number of carbonyl (C=O) groups is 1. The van der Waals surface area contributed by atoms with Crippen molar-refractivity contribution in [2.24, 2.45) is 14.1 Å². The van der Waals surface area contributed by atoms with E-state index in [1.165, 1.54) is 0 Å². The van der Waals surface area contributed by atoms with E-state index < -0.39 is 0 Å². The number of aryl methyl sites for hydroxylation is 4. The van der Waals surface area contributed by atoms with E-state index in [2.05, 4.69) is 72.2 Å². The molecule has 2 aliphatic rings. The summed E-state index contributed by atoms with van der Waals surface area (Å²) in [6.07, 6.45) is 6.23. The van der Waals surface area contributed by atoms with E-state index in [4.69, 9.17) is 25.0 Å². The molecule has 5 aromatic heterocycles. The lowest BCUT2D eigenvalue weighted by Gasteiger charge is -2.37. The molecule has 0 bridgehead atoms. The van der Waals surface area contributed by atoms with Crippen LogP contribution < -0.4 is 25.8 Å². The van der Waals surface area contributed by atoms with Gasteiger partial charge in [0.2, 0.25) is 0 Å². The standard InChI is InChI=1S/C50H54N16O3/c1-26(54-50(69)45-36-20-33(66-22-27(2)53-28(3)23-66)9-12-40(36)56-48(58-45)37-17-30-24-63(5)60-42(30)29(4)46(37)67)7-10-34-43-31(25-64(6)61-43)18-38(47(34)68)49-55-39-11-8-32(65-15-13-51-14-16-65)19-35(39)44(57-49)41-21-52-62-59-41/h8-9,11-12,17-21,24-28,51,53,67-68H,7,10,13-16,22-23H2,1-6H3,(H,54,69)(H,52,59,62)/t26?,27-,28+. The lowest BCUT2D eigenvalue weighted by atomic mass is 9.98. The highest BCUT2D eigenvalue weighted by atomic mass is 16.3. The zero-order valence-electron chi connectivity index (χ0n) is 39.4. The topological polar surface area (TPSA) is 229 Å². The predicted octanol–water partition coefficient (Wildman–Crippen LogP) is 5.53. The van der Waals surface area contributed by atoms with E-state index in [1.807, 2.05) is 76.7 Å². The number of nitrogens with zero attached hydrogens (tertiary/aromatic N) is 12. The number of aromatic hydroxyl groups is 2. The largest absolute Gasteiger partial charge is 0.507 e. The molecule has 2 fully saturated rings. The van der Waals surface area contributed by atoms with E-state index in [0.717, 1.165) is 66.8 Å². The number of phenolic OH excluding ortho intramolecular Hbond substituents is 2. The number of amides is 1. The van der Waals surface area contributed by atoms with Crippen LogP contribution in [-0.2, 0) is 20.5 Å². The minimum atomic E-state index is -0.389. The summed E-state index contributed by atoms with van der Waals surface area (Å²) >= 11 is 0. The molecule has 3 atom stereocenters. The maximum atomic E-state index is 14.7. The summed E-state index contributed by atoms with van der Waals surface area (Å²) in [4.78, 5) is 39.3. The van der Waals surface area contributed by atoms with Gasteiger partial charge in [0.15, 0.2) is 11.6 Å². The second kappa shape index (κ2) is 17.4. The Bertz CT molecular complexity index is 3440. The molecular formula is C50H54N16O3. The average Bonchev–Trinajstić information content (AvgIpc) is 4.11. The van der Waals surface area contributed by atoms with Crippen molar-refractivity contribution < 1.29 is 15.0 Å². The minimum Gasteiger partial charge on any atom is -0.507 e. The van der Waals surface area contributed by atoms with Crippen LogP contribution in [0.4, 0.5) is 11.4 Å². The number of H-pyrrole nitrogens is 1. The molecule has 69 heavy (non-hydrogen) atoms. The second-order valence-electron chi connectivity index (χ2n) is 18.7. The maximum absolute atomic E-state index is 14.7. The highest BCUT2D eigenvalue weighted by molar-refractivity contribution is 6.06. The Labute approximate surface area is 397 Å². The van der Waals surface area contributed by atoms with E-state index >= 15 is 0 Å². The molecule has 0 aliphatic carbocycles. The molecule has 11 rings (SSSR count). The van der Waals surface area contributed by atoms with Crippen molar-refractivity contribution in [3.8, 4) is 45.7 Å². The lowest BCUT2D eigenvalue weighted by Crippen LogP contribution is -2.54. The normalized spacial score (nSPS) is 17.1. The molecule has 1 unspecified atom stereocenters. The van der Waals surface area contributed by atoms with Gasteiger partial charge in [0.05, 0.1) is 39.4 Å². The van der Waals surface area contributed by atoms with Gasteiger partial charge in [-0.3, -0.25) is 14.2 Å². The molecule has 2 aliphatic heterocycles. The summed E-state index contributed by atoms with van der Waals surface area (Å²) in [6, 6.07) is 16.0. The highest BCUT2D eigenvalue weighted by Crippen LogP contribution is 2.40. The zero-order chi connectivity index (χ0) is 47.7. The third kappa shape index (κ3) is 8.16. The minimum absolute atomic E-state index is 0.00646. The van der Waals surface area contributed by atoms with Gasteiger partial charge in [-0.2, -0.15) is 25.6 Å². The Morgan fingerprint density at radius 2 is 1.42 bits per heavy atom. The third-order valence-corrected chi connectivity index (χ3v) is 13.4. The average molecular weight is 927 g/mol. The smallest absolute Gasteiger partial charge is 0.270 e. The molecule has 352 valence electrons. The molecule has 19 heteroatoms. The number of rotatable bonds is 10. The van der Waals surface area contributed by atoms with Crippen LogP contribution in [0.3, 0.4) is 0 Å². The fourth-order valence-electron chi connectivity index (χ4n) is 10.1. The van der Waals surface area contributed by atoms with Crippen LogP contribution in [-0.4, -0.2) is 128 Å². The summed E-state index contributed by atoms with van der Waals surface area (Å²) < 4.78 is 3.43. The number of anilines is 2. The van der Waals surface area contributed by atoms with Crippen LogP contribution in [0.25, 0.3) is 77.8 Å². The Morgan fingerprint density at radius 3 is 2.12 bits per heavy atom.